The Kier molecular flexibility index (Phi) is 3.98. The van der Waals surface area contributed by atoms with E-state index in [1.165, 1.54) is 6.26 Å². The average molecular weight is 317 g/mol. The Labute approximate surface area is 128 Å². The Morgan fingerprint density at radius 1 is 1.05 bits per heavy atom. The van der Waals surface area contributed by atoms with Crippen molar-refractivity contribution in [2.45, 2.75) is 10.9 Å². The van der Waals surface area contributed by atoms with Crippen LogP contribution in [0.1, 0.15) is 11.8 Å². The smallest absolute Gasteiger partial charge is 0.241 e. The van der Waals surface area contributed by atoms with E-state index in [1.54, 1.807) is 30.3 Å². The predicted molar refractivity (Wildman–Crippen MR) is 82.8 cm³/mol. The maximum absolute atomic E-state index is 12.5. The van der Waals surface area contributed by atoms with Gasteiger partial charge < -0.3 is 9.52 Å². The van der Waals surface area contributed by atoms with Crippen LogP contribution in [0.2, 0.25) is 0 Å². The number of aliphatic hydroxyl groups excluding tert-OH is 1. The zero-order valence-corrected chi connectivity index (χ0v) is 12.5. The van der Waals surface area contributed by atoms with Crippen molar-refractivity contribution in [3.63, 3.8) is 0 Å². The molecule has 5 nitrogen and oxygen atoms in total. The third-order valence-corrected chi connectivity index (χ3v) is 4.87. The third kappa shape index (κ3) is 2.89. The van der Waals surface area contributed by atoms with Crippen molar-refractivity contribution in [3.8, 4) is 0 Å². The van der Waals surface area contributed by atoms with Crippen LogP contribution in [0, 0.1) is 0 Å². The normalized spacial score (nSPS) is 13.3. The van der Waals surface area contributed by atoms with Crippen molar-refractivity contribution in [1.82, 2.24) is 4.72 Å². The fourth-order valence-electron chi connectivity index (χ4n) is 2.26. The lowest BCUT2D eigenvalue weighted by Gasteiger charge is -2.14. The van der Waals surface area contributed by atoms with Crippen LogP contribution in [0.15, 0.2) is 70.2 Å². The van der Waals surface area contributed by atoms with E-state index in [0.29, 0.717) is 5.76 Å². The second kappa shape index (κ2) is 5.92. The number of sulfonamides is 1. The monoisotopic (exact) mass is 317 g/mol. The summed E-state index contributed by atoms with van der Waals surface area (Å²) in [6.07, 6.45) is 1.43. The van der Waals surface area contributed by atoms with Gasteiger partial charge >= 0.3 is 0 Å². The van der Waals surface area contributed by atoms with Gasteiger partial charge in [-0.3, -0.25) is 0 Å². The summed E-state index contributed by atoms with van der Waals surface area (Å²) in [5.74, 6) is 0.367. The summed E-state index contributed by atoms with van der Waals surface area (Å²) in [5.41, 5.74) is 0. The summed E-state index contributed by atoms with van der Waals surface area (Å²) >= 11 is 0. The molecular formula is C16H15NO4S. The van der Waals surface area contributed by atoms with Gasteiger partial charge in [-0.2, -0.15) is 4.72 Å². The Morgan fingerprint density at radius 2 is 1.82 bits per heavy atom. The number of aliphatic hydroxyl groups is 1. The Hall–Kier alpha value is -2.15. The number of hydrogen-bond donors (Lipinski definition) is 2. The highest BCUT2D eigenvalue weighted by atomic mass is 32.2. The van der Waals surface area contributed by atoms with Crippen molar-refractivity contribution < 1.29 is 17.9 Å². The predicted octanol–water partition coefficient (Wildman–Crippen LogP) is 2.44. The first-order valence-electron chi connectivity index (χ1n) is 6.75. The number of nitrogens with one attached hydrogen (secondary N) is 1. The van der Waals surface area contributed by atoms with E-state index in [9.17, 15) is 13.5 Å². The molecule has 1 aromatic heterocycles. The molecule has 0 saturated carbocycles. The van der Waals surface area contributed by atoms with Crippen LogP contribution >= 0.6 is 0 Å². The van der Waals surface area contributed by atoms with Gasteiger partial charge in [0.15, 0.2) is 0 Å². The van der Waals surface area contributed by atoms with Gasteiger partial charge in [0.2, 0.25) is 10.0 Å². The van der Waals surface area contributed by atoms with Crippen molar-refractivity contribution in [2.75, 3.05) is 6.61 Å². The molecule has 0 aliphatic rings. The highest BCUT2D eigenvalue weighted by molar-refractivity contribution is 7.89. The number of benzene rings is 2. The van der Waals surface area contributed by atoms with Crippen molar-refractivity contribution in [3.05, 3.63) is 66.6 Å². The van der Waals surface area contributed by atoms with E-state index >= 15 is 0 Å². The minimum absolute atomic E-state index is 0.149. The van der Waals surface area contributed by atoms with Crippen LogP contribution in [0.25, 0.3) is 10.8 Å². The molecule has 0 fully saturated rings. The van der Waals surface area contributed by atoms with E-state index in [4.69, 9.17) is 4.42 Å². The summed E-state index contributed by atoms with van der Waals surface area (Å²) in [6.45, 7) is -0.389. The first-order chi connectivity index (χ1) is 10.6. The molecule has 6 heteroatoms. The van der Waals surface area contributed by atoms with Crippen LogP contribution < -0.4 is 4.72 Å². The summed E-state index contributed by atoms with van der Waals surface area (Å²) < 4.78 is 32.6. The molecular weight excluding hydrogens is 302 g/mol. The van der Waals surface area contributed by atoms with Crippen LogP contribution in [0.4, 0.5) is 0 Å². The van der Waals surface area contributed by atoms with E-state index in [1.807, 2.05) is 24.3 Å². The maximum atomic E-state index is 12.5. The van der Waals surface area contributed by atoms with Crippen LogP contribution in [0.3, 0.4) is 0 Å². The molecule has 3 rings (SSSR count). The number of rotatable bonds is 5. The Bertz CT molecular complexity index is 872. The molecule has 1 heterocycles. The number of hydrogen-bond acceptors (Lipinski definition) is 4. The lowest BCUT2D eigenvalue weighted by molar-refractivity contribution is 0.242. The minimum atomic E-state index is -3.76. The fourth-order valence-corrected chi connectivity index (χ4v) is 3.50. The zero-order chi connectivity index (χ0) is 15.6. The maximum Gasteiger partial charge on any atom is 0.241 e. The van der Waals surface area contributed by atoms with E-state index in [2.05, 4.69) is 4.72 Å². The first kappa shape index (κ1) is 14.8. The molecule has 114 valence electrons. The van der Waals surface area contributed by atoms with E-state index in [0.717, 1.165) is 10.8 Å². The lowest BCUT2D eigenvalue weighted by Crippen LogP contribution is -2.30. The molecule has 0 aliphatic carbocycles. The Balaban J connectivity index is 1.93. The number of fused-ring (bicyclic) bond motifs is 1. The van der Waals surface area contributed by atoms with Gasteiger partial charge in [0, 0.05) is 0 Å². The molecule has 0 aliphatic heterocycles. The largest absolute Gasteiger partial charge is 0.468 e. The summed E-state index contributed by atoms with van der Waals surface area (Å²) in [6, 6.07) is 14.9. The first-order valence-corrected chi connectivity index (χ1v) is 8.24. The molecule has 2 aromatic carbocycles. The van der Waals surface area contributed by atoms with Crippen LogP contribution in [-0.4, -0.2) is 20.1 Å². The summed E-state index contributed by atoms with van der Waals surface area (Å²) in [5, 5.41) is 11.2. The molecule has 3 aromatic rings. The zero-order valence-electron chi connectivity index (χ0n) is 11.6. The topological polar surface area (TPSA) is 79.5 Å². The average Bonchev–Trinajstić information content (AvgIpc) is 3.06. The van der Waals surface area contributed by atoms with Gasteiger partial charge in [-0.05, 0) is 35.0 Å². The highest BCUT2D eigenvalue weighted by Gasteiger charge is 2.22. The molecule has 0 bridgehead atoms. The second-order valence-electron chi connectivity index (χ2n) is 4.88. The van der Waals surface area contributed by atoms with Gasteiger partial charge in [0.1, 0.15) is 11.8 Å². The molecule has 22 heavy (non-hydrogen) atoms. The minimum Gasteiger partial charge on any atom is -0.468 e. The van der Waals surface area contributed by atoms with Gasteiger partial charge in [-0.25, -0.2) is 8.42 Å². The molecule has 0 spiro atoms. The summed E-state index contributed by atoms with van der Waals surface area (Å²) in [4.78, 5) is 0.149. The SMILES string of the molecule is O=S(=O)(NC(CO)c1ccco1)c1ccc2ccccc2c1. The van der Waals surface area contributed by atoms with Crippen molar-refractivity contribution in [1.29, 1.82) is 0 Å². The molecule has 0 radical (unpaired) electrons. The van der Waals surface area contributed by atoms with E-state index < -0.39 is 16.1 Å². The number of furan rings is 1. The lowest BCUT2D eigenvalue weighted by atomic mass is 10.1. The molecule has 1 atom stereocenters. The van der Waals surface area contributed by atoms with Crippen LogP contribution in [0.5, 0.6) is 0 Å². The van der Waals surface area contributed by atoms with Crippen LogP contribution in [-0.2, 0) is 10.0 Å². The second-order valence-corrected chi connectivity index (χ2v) is 6.59. The third-order valence-electron chi connectivity index (χ3n) is 3.40. The fraction of sp³-hybridized carbons (Fsp3) is 0.125. The molecule has 1 unspecified atom stereocenters. The standard InChI is InChI=1S/C16H15NO4S/c18-11-15(16-6-3-9-21-16)17-22(19,20)14-8-7-12-4-1-2-5-13(12)10-14/h1-10,15,17-18H,11H2. The van der Waals surface area contributed by atoms with Gasteiger partial charge in [0.05, 0.1) is 17.8 Å². The summed E-state index contributed by atoms with van der Waals surface area (Å²) in [7, 11) is -3.76. The highest BCUT2D eigenvalue weighted by Crippen LogP contribution is 2.21. The van der Waals surface area contributed by atoms with Gasteiger partial charge in [-0.1, -0.05) is 30.3 Å². The quantitative estimate of drug-likeness (QED) is 0.757. The molecule has 2 N–H and O–H groups in total. The van der Waals surface area contributed by atoms with Crippen molar-refractivity contribution >= 4 is 20.8 Å². The van der Waals surface area contributed by atoms with Gasteiger partial charge in [-0.15, -0.1) is 0 Å². The molecule has 0 saturated heterocycles. The van der Waals surface area contributed by atoms with Crippen molar-refractivity contribution in [2.24, 2.45) is 0 Å². The Morgan fingerprint density at radius 3 is 2.50 bits per heavy atom. The van der Waals surface area contributed by atoms with E-state index in [-0.39, 0.29) is 11.5 Å². The van der Waals surface area contributed by atoms with Gasteiger partial charge in [0.25, 0.3) is 0 Å². The molecule has 0 amide bonds.